The standard InChI is InChI=1S/C23H38N4O2/c1-18-12-19(2)16-26(15-18)10-5-9-24-23(28)25-14-20-8-11-27(17-20)21-6-4-7-22(13-21)29-3/h4,6-7,13,18-20H,5,8-12,14-17H2,1-3H3,(H2,24,25,28). The van der Waals surface area contributed by atoms with Gasteiger partial charge in [0.05, 0.1) is 7.11 Å². The lowest BCUT2D eigenvalue weighted by Crippen LogP contribution is -2.42. The van der Waals surface area contributed by atoms with E-state index < -0.39 is 0 Å². The molecule has 2 N–H and O–H groups in total. The Balaban J connectivity index is 1.29. The Bertz CT molecular complexity index is 644. The van der Waals surface area contributed by atoms with Gasteiger partial charge in [0.2, 0.25) is 0 Å². The van der Waals surface area contributed by atoms with Crippen LogP contribution in [0.3, 0.4) is 0 Å². The lowest BCUT2D eigenvalue weighted by atomic mass is 9.92. The van der Waals surface area contributed by atoms with Gasteiger partial charge in [-0.1, -0.05) is 19.9 Å². The zero-order valence-electron chi connectivity index (χ0n) is 18.3. The van der Waals surface area contributed by atoms with Gasteiger partial charge < -0.3 is 25.2 Å². The Hall–Kier alpha value is -1.95. The van der Waals surface area contributed by atoms with Crippen molar-refractivity contribution in [2.45, 2.75) is 33.1 Å². The average Bonchev–Trinajstić information content (AvgIpc) is 3.18. The maximum Gasteiger partial charge on any atom is 0.314 e. The predicted octanol–water partition coefficient (Wildman–Crippen LogP) is 3.19. The molecule has 29 heavy (non-hydrogen) atoms. The minimum Gasteiger partial charge on any atom is -0.497 e. The average molecular weight is 403 g/mol. The van der Waals surface area contributed by atoms with Crippen LogP contribution in [0.1, 0.15) is 33.1 Å². The number of carbonyl (C=O) groups is 1. The van der Waals surface area contributed by atoms with Crippen molar-refractivity contribution < 1.29 is 9.53 Å². The third kappa shape index (κ3) is 6.81. The van der Waals surface area contributed by atoms with Gasteiger partial charge in [-0.15, -0.1) is 0 Å². The van der Waals surface area contributed by atoms with Gasteiger partial charge in [-0.05, 0) is 55.7 Å². The second-order valence-corrected chi connectivity index (χ2v) is 9.00. The van der Waals surface area contributed by atoms with E-state index in [1.165, 1.54) is 25.2 Å². The third-order valence-electron chi connectivity index (χ3n) is 6.14. The molecule has 1 aromatic carbocycles. The molecule has 2 aliphatic rings. The lowest BCUT2D eigenvalue weighted by Gasteiger charge is -2.34. The van der Waals surface area contributed by atoms with E-state index in [4.69, 9.17) is 4.74 Å². The molecule has 2 fully saturated rings. The first-order valence-corrected chi connectivity index (χ1v) is 11.2. The molecular formula is C23H38N4O2. The molecule has 3 rings (SSSR count). The number of nitrogens with zero attached hydrogens (tertiary/aromatic N) is 2. The molecule has 2 saturated heterocycles. The lowest BCUT2D eigenvalue weighted by molar-refractivity contribution is 0.139. The molecular weight excluding hydrogens is 364 g/mol. The number of hydrogen-bond acceptors (Lipinski definition) is 4. The summed E-state index contributed by atoms with van der Waals surface area (Å²) in [7, 11) is 1.70. The minimum atomic E-state index is -0.0368. The fourth-order valence-corrected chi connectivity index (χ4v) is 4.82. The van der Waals surface area contributed by atoms with Gasteiger partial charge in [-0.2, -0.15) is 0 Å². The van der Waals surface area contributed by atoms with Crippen LogP contribution in [0.2, 0.25) is 0 Å². The molecule has 0 spiro atoms. The topological polar surface area (TPSA) is 56.8 Å². The Morgan fingerprint density at radius 3 is 2.72 bits per heavy atom. The van der Waals surface area contributed by atoms with Crippen LogP contribution in [-0.4, -0.2) is 63.9 Å². The zero-order valence-corrected chi connectivity index (χ0v) is 18.3. The van der Waals surface area contributed by atoms with Crippen molar-refractivity contribution in [1.29, 1.82) is 0 Å². The normalized spacial score (nSPS) is 25.1. The van der Waals surface area contributed by atoms with Gasteiger partial charge in [-0.25, -0.2) is 4.79 Å². The summed E-state index contributed by atoms with van der Waals surface area (Å²) in [5, 5.41) is 6.08. The summed E-state index contributed by atoms with van der Waals surface area (Å²) >= 11 is 0. The van der Waals surface area contributed by atoms with Crippen molar-refractivity contribution in [3.63, 3.8) is 0 Å². The van der Waals surface area contributed by atoms with E-state index in [1.54, 1.807) is 7.11 Å². The Labute approximate surface area is 176 Å². The van der Waals surface area contributed by atoms with Crippen molar-refractivity contribution in [2.75, 3.05) is 57.8 Å². The van der Waals surface area contributed by atoms with Crippen LogP contribution in [0.15, 0.2) is 24.3 Å². The van der Waals surface area contributed by atoms with Crippen LogP contribution in [0.4, 0.5) is 10.5 Å². The highest BCUT2D eigenvalue weighted by molar-refractivity contribution is 5.73. The van der Waals surface area contributed by atoms with E-state index >= 15 is 0 Å². The molecule has 3 unspecified atom stereocenters. The Morgan fingerprint density at radius 2 is 1.97 bits per heavy atom. The maximum absolute atomic E-state index is 12.1. The first-order valence-electron chi connectivity index (χ1n) is 11.2. The SMILES string of the molecule is COc1cccc(N2CCC(CNC(=O)NCCCN3CC(C)CC(C)C3)C2)c1. The smallest absolute Gasteiger partial charge is 0.314 e. The largest absolute Gasteiger partial charge is 0.497 e. The summed E-state index contributed by atoms with van der Waals surface area (Å²) in [6, 6.07) is 8.15. The Morgan fingerprint density at radius 1 is 1.17 bits per heavy atom. The Kier molecular flexibility index (Phi) is 8.04. The summed E-state index contributed by atoms with van der Waals surface area (Å²) in [6.07, 6.45) is 3.45. The van der Waals surface area contributed by atoms with Crippen LogP contribution in [0, 0.1) is 17.8 Å². The highest BCUT2D eigenvalue weighted by Gasteiger charge is 2.23. The number of rotatable bonds is 8. The number of benzene rings is 1. The van der Waals surface area contributed by atoms with Crippen molar-refractivity contribution in [2.24, 2.45) is 17.8 Å². The van der Waals surface area contributed by atoms with Gasteiger partial charge in [0, 0.05) is 51.0 Å². The molecule has 2 aliphatic heterocycles. The number of amides is 2. The van der Waals surface area contributed by atoms with E-state index in [0.29, 0.717) is 5.92 Å². The highest BCUT2D eigenvalue weighted by Crippen LogP contribution is 2.26. The molecule has 0 radical (unpaired) electrons. The second kappa shape index (κ2) is 10.7. The fourth-order valence-electron chi connectivity index (χ4n) is 4.82. The molecule has 0 aliphatic carbocycles. The van der Waals surface area contributed by atoms with E-state index in [1.807, 2.05) is 12.1 Å². The number of nitrogens with one attached hydrogen (secondary N) is 2. The van der Waals surface area contributed by atoms with Crippen LogP contribution >= 0.6 is 0 Å². The number of urea groups is 1. The van der Waals surface area contributed by atoms with Gasteiger partial charge in [-0.3, -0.25) is 0 Å². The molecule has 0 aromatic heterocycles. The number of anilines is 1. The van der Waals surface area contributed by atoms with Crippen LogP contribution in [0.5, 0.6) is 5.75 Å². The maximum atomic E-state index is 12.1. The first-order chi connectivity index (χ1) is 14.0. The minimum absolute atomic E-state index is 0.0368. The molecule has 2 amide bonds. The van der Waals surface area contributed by atoms with E-state index in [2.05, 4.69) is 46.4 Å². The van der Waals surface area contributed by atoms with Crippen molar-refractivity contribution in [3.05, 3.63) is 24.3 Å². The van der Waals surface area contributed by atoms with Crippen molar-refractivity contribution >= 4 is 11.7 Å². The van der Waals surface area contributed by atoms with Crippen LogP contribution in [0.25, 0.3) is 0 Å². The van der Waals surface area contributed by atoms with Crippen molar-refractivity contribution in [3.8, 4) is 5.75 Å². The quantitative estimate of drug-likeness (QED) is 0.656. The predicted molar refractivity (Wildman–Crippen MR) is 119 cm³/mol. The molecule has 3 atom stereocenters. The van der Waals surface area contributed by atoms with Gasteiger partial charge >= 0.3 is 6.03 Å². The third-order valence-corrected chi connectivity index (χ3v) is 6.14. The van der Waals surface area contributed by atoms with Crippen LogP contribution in [-0.2, 0) is 0 Å². The summed E-state index contributed by atoms with van der Waals surface area (Å²) in [5.41, 5.74) is 1.19. The monoisotopic (exact) mass is 402 g/mol. The molecule has 6 nitrogen and oxygen atoms in total. The first kappa shape index (κ1) is 21.8. The number of carbonyl (C=O) groups excluding carboxylic acids is 1. The summed E-state index contributed by atoms with van der Waals surface area (Å²) in [5.74, 6) is 2.95. The van der Waals surface area contributed by atoms with Gasteiger partial charge in [0.15, 0.2) is 0 Å². The molecule has 2 heterocycles. The van der Waals surface area contributed by atoms with E-state index in [9.17, 15) is 4.79 Å². The number of likely N-dealkylation sites (tertiary alicyclic amines) is 1. The van der Waals surface area contributed by atoms with Gasteiger partial charge in [0.1, 0.15) is 5.75 Å². The second-order valence-electron chi connectivity index (χ2n) is 9.00. The highest BCUT2D eigenvalue weighted by atomic mass is 16.5. The molecule has 0 bridgehead atoms. The number of hydrogen-bond donors (Lipinski definition) is 2. The van der Waals surface area contributed by atoms with E-state index in [-0.39, 0.29) is 6.03 Å². The summed E-state index contributed by atoms with van der Waals surface area (Å²) in [6.45, 7) is 11.6. The number of ether oxygens (including phenoxy) is 1. The van der Waals surface area contributed by atoms with Crippen LogP contribution < -0.4 is 20.3 Å². The number of piperidine rings is 1. The zero-order chi connectivity index (χ0) is 20.6. The fraction of sp³-hybridized carbons (Fsp3) is 0.696. The summed E-state index contributed by atoms with van der Waals surface area (Å²) < 4.78 is 5.32. The van der Waals surface area contributed by atoms with E-state index in [0.717, 1.165) is 63.2 Å². The van der Waals surface area contributed by atoms with Gasteiger partial charge in [0.25, 0.3) is 0 Å². The number of methoxy groups -OCH3 is 1. The molecule has 1 aromatic rings. The molecule has 6 heteroatoms. The van der Waals surface area contributed by atoms with Crippen molar-refractivity contribution in [1.82, 2.24) is 15.5 Å². The molecule has 162 valence electrons. The molecule has 0 saturated carbocycles. The summed E-state index contributed by atoms with van der Waals surface area (Å²) in [4.78, 5) is 17.0.